The van der Waals surface area contributed by atoms with Gasteiger partial charge in [-0.2, -0.15) is 0 Å². The topological polar surface area (TPSA) is 86.7 Å². The van der Waals surface area contributed by atoms with Crippen LogP contribution in [-0.4, -0.2) is 92.7 Å². The van der Waals surface area contributed by atoms with Crippen molar-refractivity contribution in [1.29, 1.82) is 0 Å². The number of hydrogen-bond donors (Lipinski definition) is 1. The third-order valence-corrected chi connectivity index (χ3v) is 8.86. The molecule has 0 bridgehead atoms. The van der Waals surface area contributed by atoms with Crippen LogP contribution in [0.4, 0.5) is 0 Å². The van der Waals surface area contributed by atoms with Gasteiger partial charge in [0.25, 0.3) is 0 Å². The van der Waals surface area contributed by atoms with Crippen molar-refractivity contribution in [1.82, 2.24) is 4.90 Å². The third kappa shape index (κ3) is 10.1. The predicted molar refractivity (Wildman–Crippen MR) is 158 cm³/mol. The average Bonchev–Trinajstić information content (AvgIpc) is 2.88. The summed E-state index contributed by atoms with van der Waals surface area (Å²) in [6.45, 7) is 16.2. The first-order valence-corrected chi connectivity index (χ1v) is 14.7. The summed E-state index contributed by atoms with van der Waals surface area (Å²) >= 11 is 0. The molecular formula is C32H55NO7Rh. The quantitative estimate of drug-likeness (QED) is 0.247. The van der Waals surface area contributed by atoms with Gasteiger partial charge < -0.3 is 33.7 Å². The number of hydrogen-bond acceptors (Lipinski definition) is 8. The number of cyclic esters (lactones) is 1. The second-order valence-corrected chi connectivity index (χ2v) is 12.2. The summed E-state index contributed by atoms with van der Waals surface area (Å²) in [5.74, 6) is -0.203. The number of rotatable bonds is 6. The molecule has 0 aliphatic carbocycles. The molecule has 1 N–H and O–H groups in total. The Balaban J connectivity index is 0.00000840. The van der Waals surface area contributed by atoms with Gasteiger partial charge in [-0.05, 0) is 52.1 Å². The molecule has 1 saturated heterocycles. The molecule has 8 nitrogen and oxygen atoms in total. The molecule has 0 aromatic rings. The standard InChI is InChI=1S/C32H55NO7.Rh/c1-12-32(35)19-22(4)20(2)16-14-13-15-17-23(5)38-26(34)18-21(3)28(36-10)30(32)40-31-29(37-11)27(33(8)9)24(6)25(7)39-31;/h12-16,20-25,27-31,35H,1,17-19H2,2-11H3;/b15-13+,16-14+;/t20-,21+,22+,23+,24?,25?,27?,28-,29?,30+,31?,32+;/m0./s1. The van der Waals surface area contributed by atoms with Crippen molar-refractivity contribution in [3.63, 3.8) is 0 Å². The Morgan fingerprint density at radius 1 is 1.05 bits per heavy atom. The van der Waals surface area contributed by atoms with E-state index >= 15 is 0 Å². The SMILES string of the molecule is C=C[C@@]1(O)C[C@@H](C)[C@@H](C)/C=C/C=C/C[C@@H](C)OC(=O)C[C@@H](C)[C@H](OC)[C@H]1OC1OC(C)C(C)C(N(C)C)C1OC.[Rh]. The van der Waals surface area contributed by atoms with Gasteiger partial charge in [-0.15, -0.1) is 6.58 Å². The fourth-order valence-electron chi connectivity index (χ4n) is 6.05. The number of esters is 1. The minimum absolute atomic E-state index is 0. The maximum atomic E-state index is 12.9. The number of nitrogens with zero attached hydrogens (tertiary/aromatic N) is 1. The Morgan fingerprint density at radius 3 is 2.24 bits per heavy atom. The first kappa shape index (κ1) is 38.1. The van der Waals surface area contributed by atoms with Crippen LogP contribution in [0.25, 0.3) is 0 Å². The summed E-state index contributed by atoms with van der Waals surface area (Å²) in [6, 6.07) is 0.0220. The second kappa shape index (κ2) is 17.4. The van der Waals surface area contributed by atoms with Gasteiger partial charge in [0.15, 0.2) is 6.29 Å². The number of carbonyl (C=O) groups is 1. The molecule has 239 valence electrons. The Morgan fingerprint density at radius 2 is 1.68 bits per heavy atom. The van der Waals surface area contributed by atoms with Crippen LogP contribution < -0.4 is 0 Å². The first-order valence-electron chi connectivity index (χ1n) is 14.7. The van der Waals surface area contributed by atoms with E-state index in [1.54, 1.807) is 20.3 Å². The Kier molecular flexibility index (Phi) is 16.2. The smallest absolute Gasteiger partial charge is 0.306 e. The molecule has 2 rings (SSSR count). The molecule has 0 aromatic heterocycles. The Bertz CT molecular complexity index is 867. The molecule has 0 saturated carbocycles. The van der Waals surface area contributed by atoms with Gasteiger partial charge in [-0.1, -0.05) is 58.1 Å². The van der Waals surface area contributed by atoms with Gasteiger partial charge in [0, 0.05) is 52.1 Å². The number of likely N-dealkylation sites (N-methyl/N-ethyl adjacent to an activating group) is 1. The van der Waals surface area contributed by atoms with Crippen LogP contribution in [0.3, 0.4) is 0 Å². The predicted octanol–water partition coefficient (Wildman–Crippen LogP) is 4.76. The number of aliphatic hydroxyl groups is 1. The van der Waals surface area contributed by atoms with Crippen LogP contribution in [0.2, 0.25) is 0 Å². The summed E-state index contributed by atoms with van der Waals surface area (Å²) in [5, 5.41) is 12.3. The fourth-order valence-corrected chi connectivity index (χ4v) is 6.05. The van der Waals surface area contributed by atoms with Crippen LogP contribution in [0.5, 0.6) is 0 Å². The first-order chi connectivity index (χ1) is 18.8. The van der Waals surface area contributed by atoms with E-state index in [1.807, 2.05) is 53.1 Å². The van der Waals surface area contributed by atoms with Crippen LogP contribution in [-0.2, 0) is 48.0 Å². The molecule has 0 aromatic carbocycles. The number of methoxy groups -OCH3 is 2. The number of carbonyl (C=O) groups excluding carboxylic acids is 1. The Hall–Kier alpha value is -0.927. The minimum atomic E-state index is -1.48. The van der Waals surface area contributed by atoms with Gasteiger partial charge in [0.2, 0.25) is 0 Å². The van der Waals surface area contributed by atoms with Crippen molar-refractivity contribution in [2.24, 2.45) is 23.7 Å². The summed E-state index contributed by atoms with van der Waals surface area (Å²) in [7, 11) is 7.27. The molecule has 2 heterocycles. The molecule has 9 heteroatoms. The maximum absolute atomic E-state index is 12.9. The second-order valence-electron chi connectivity index (χ2n) is 12.2. The van der Waals surface area contributed by atoms with Gasteiger partial charge in [0.1, 0.15) is 23.9 Å². The molecular weight excluding hydrogens is 613 g/mol. The number of ether oxygens (including phenoxy) is 5. The maximum Gasteiger partial charge on any atom is 0.306 e. The van der Waals surface area contributed by atoms with Crippen molar-refractivity contribution in [2.75, 3.05) is 28.3 Å². The van der Waals surface area contributed by atoms with Crippen molar-refractivity contribution >= 4 is 5.97 Å². The molecule has 12 atom stereocenters. The molecule has 0 amide bonds. The van der Waals surface area contributed by atoms with E-state index < -0.39 is 30.2 Å². The summed E-state index contributed by atoms with van der Waals surface area (Å²) in [6.07, 6.45) is 7.65. The van der Waals surface area contributed by atoms with E-state index in [4.69, 9.17) is 23.7 Å². The summed E-state index contributed by atoms with van der Waals surface area (Å²) in [4.78, 5) is 15.0. The van der Waals surface area contributed by atoms with Crippen LogP contribution in [0.1, 0.15) is 60.8 Å². The monoisotopic (exact) mass is 668 g/mol. The molecule has 1 fully saturated rings. The van der Waals surface area contributed by atoms with Crippen molar-refractivity contribution in [3.05, 3.63) is 37.0 Å². The zero-order chi connectivity index (χ0) is 30.2. The molecule has 1 radical (unpaired) electrons. The molecule has 2 aliphatic heterocycles. The summed E-state index contributed by atoms with van der Waals surface area (Å²) < 4.78 is 30.8. The van der Waals surface area contributed by atoms with E-state index in [0.717, 1.165) is 0 Å². The van der Waals surface area contributed by atoms with E-state index in [2.05, 4.69) is 38.3 Å². The normalized spacial score (nSPS) is 43.0. The van der Waals surface area contributed by atoms with Crippen molar-refractivity contribution in [3.8, 4) is 0 Å². The van der Waals surface area contributed by atoms with Gasteiger partial charge in [-0.3, -0.25) is 4.79 Å². The van der Waals surface area contributed by atoms with E-state index in [9.17, 15) is 9.90 Å². The van der Waals surface area contributed by atoms with E-state index in [1.165, 1.54) is 0 Å². The molecule has 2 aliphatic rings. The van der Waals surface area contributed by atoms with Crippen LogP contribution in [0.15, 0.2) is 37.0 Å². The van der Waals surface area contributed by atoms with Crippen molar-refractivity contribution in [2.45, 2.75) is 109 Å². The summed E-state index contributed by atoms with van der Waals surface area (Å²) in [5.41, 5.74) is -1.48. The third-order valence-electron chi connectivity index (χ3n) is 8.86. The van der Waals surface area contributed by atoms with Crippen LogP contribution in [0, 0.1) is 23.7 Å². The zero-order valence-corrected chi connectivity index (χ0v) is 28.4. The van der Waals surface area contributed by atoms with Gasteiger partial charge in [0.05, 0.1) is 18.6 Å². The number of allylic oxidation sites excluding steroid dienone is 3. The van der Waals surface area contributed by atoms with Crippen molar-refractivity contribution < 1.29 is 53.1 Å². The Labute approximate surface area is 261 Å². The molecule has 41 heavy (non-hydrogen) atoms. The van der Waals surface area contributed by atoms with Gasteiger partial charge in [-0.25, -0.2) is 0 Å². The average molecular weight is 669 g/mol. The molecule has 5 unspecified atom stereocenters. The van der Waals surface area contributed by atoms with E-state index in [0.29, 0.717) is 12.8 Å². The van der Waals surface area contributed by atoms with Crippen LogP contribution >= 0.6 is 0 Å². The van der Waals surface area contributed by atoms with Gasteiger partial charge >= 0.3 is 5.97 Å². The fraction of sp³-hybridized carbons (Fsp3) is 0.781. The largest absolute Gasteiger partial charge is 0.462 e. The zero-order valence-electron chi connectivity index (χ0n) is 26.7. The minimum Gasteiger partial charge on any atom is -0.462 e. The molecule has 0 spiro atoms. The van der Waals surface area contributed by atoms with E-state index in [-0.39, 0.29) is 73.8 Å².